The Morgan fingerprint density at radius 2 is 2.58 bits per heavy atom. The SMILES string of the molecule is Cc1nccc(C2CSCN2)n1. The smallest absolute Gasteiger partial charge is 0.125 e. The van der Waals surface area contributed by atoms with Crippen LogP contribution in [0.1, 0.15) is 17.6 Å². The number of rotatable bonds is 1. The summed E-state index contributed by atoms with van der Waals surface area (Å²) in [5.41, 5.74) is 1.12. The minimum atomic E-state index is 0.427. The number of nitrogens with zero attached hydrogens (tertiary/aromatic N) is 2. The van der Waals surface area contributed by atoms with E-state index in [0.29, 0.717) is 6.04 Å². The van der Waals surface area contributed by atoms with E-state index in [1.165, 1.54) is 0 Å². The molecule has 3 nitrogen and oxygen atoms in total. The van der Waals surface area contributed by atoms with Gasteiger partial charge in [0, 0.05) is 17.8 Å². The predicted octanol–water partition coefficient (Wildman–Crippen LogP) is 1.12. The van der Waals surface area contributed by atoms with Gasteiger partial charge in [-0.15, -0.1) is 11.8 Å². The number of aryl methyl sites for hydroxylation is 1. The molecule has 1 N–H and O–H groups in total. The van der Waals surface area contributed by atoms with Gasteiger partial charge >= 0.3 is 0 Å². The lowest BCUT2D eigenvalue weighted by Gasteiger charge is -2.07. The maximum absolute atomic E-state index is 4.37. The molecule has 1 aromatic rings. The Kier molecular flexibility index (Phi) is 2.28. The molecule has 0 saturated carbocycles. The summed E-state index contributed by atoms with van der Waals surface area (Å²) in [6.07, 6.45) is 1.82. The highest BCUT2D eigenvalue weighted by Crippen LogP contribution is 2.21. The van der Waals surface area contributed by atoms with Crippen molar-refractivity contribution in [3.8, 4) is 0 Å². The van der Waals surface area contributed by atoms with Crippen LogP contribution < -0.4 is 5.32 Å². The van der Waals surface area contributed by atoms with E-state index < -0.39 is 0 Å². The van der Waals surface area contributed by atoms with Crippen LogP contribution in [0.15, 0.2) is 12.3 Å². The van der Waals surface area contributed by atoms with E-state index in [1.54, 1.807) is 0 Å². The van der Waals surface area contributed by atoms with Crippen molar-refractivity contribution in [3.63, 3.8) is 0 Å². The molecule has 1 unspecified atom stereocenters. The molecule has 1 fully saturated rings. The maximum Gasteiger partial charge on any atom is 0.125 e. The zero-order chi connectivity index (χ0) is 8.39. The van der Waals surface area contributed by atoms with Crippen molar-refractivity contribution < 1.29 is 0 Å². The summed E-state index contributed by atoms with van der Waals surface area (Å²) in [4.78, 5) is 8.43. The molecule has 0 aliphatic carbocycles. The number of aromatic nitrogens is 2. The van der Waals surface area contributed by atoms with Crippen LogP contribution in [0.25, 0.3) is 0 Å². The molecule has 4 heteroatoms. The van der Waals surface area contributed by atoms with Crippen molar-refractivity contribution in [1.82, 2.24) is 15.3 Å². The normalized spacial score (nSPS) is 22.9. The molecule has 0 spiro atoms. The van der Waals surface area contributed by atoms with Gasteiger partial charge in [0.25, 0.3) is 0 Å². The molecule has 1 aliphatic rings. The van der Waals surface area contributed by atoms with Gasteiger partial charge in [-0.05, 0) is 13.0 Å². The number of thioether (sulfide) groups is 1. The Labute approximate surface area is 76.0 Å². The van der Waals surface area contributed by atoms with Crippen molar-refractivity contribution in [2.24, 2.45) is 0 Å². The molecule has 0 aromatic carbocycles. The van der Waals surface area contributed by atoms with Gasteiger partial charge in [0.1, 0.15) is 5.82 Å². The van der Waals surface area contributed by atoms with Gasteiger partial charge in [-0.3, -0.25) is 5.32 Å². The van der Waals surface area contributed by atoms with E-state index in [-0.39, 0.29) is 0 Å². The van der Waals surface area contributed by atoms with E-state index >= 15 is 0 Å². The van der Waals surface area contributed by atoms with Crippen LogP contribution in [0.5, 0.6) is 0 Å². The Balaban J connectivity index is 2.21. The van der Waals surface area contributed by atoms with Crippen LogP contribution in [-0.2, 0) is 0 Å². The number of hydrogen-bond donors (Lipinski definition) is 1. The quantitative estimate of drug-likeness (QED) is 0.704. The molecule has 1 aromatic heterocycles. The van der Waals surface area contributed by atoms with Crippen molar-refractivity contribution in [3.05, 3.63) is 23.8 Å². The maximum atomic E-state index is 4.37. The van der Waals surface area contributed by atoms with Crippen molar-refractivity contribution >= 4 is 11.8 Å². The summed E-state index contributed by atoms with van der Waals surface area (Å²) in [5.74, 6) is 3.01. The molecule has 12 heavy (non-hydrogen) atoms. The summed E-state index contributed by atoms with van der Waals surface area (Å²) >= 11 is 1.91. The molecule has 1 atom stereocenters. The van der Waals surface area contributed by atoms with Crippen molar-refractivity contribution in [1.29, 1.82) is 0 Å². The second-order valence-electron chi connectivity index (χ2n) is 2.80. The van der Waals surface area contributed by atoms with Crippen molar-refractivity contribution in [2.45, 2.75) is 13.0 Å². The summed E-state index contributed by atoms with van der Waals surface area (Å²) in [5, 5.41) is 3.37. The molecule has 0 radical (unpaired) electrons. The average Bonchev–Trinajstić information content (AvgIpc) is 2.56. The minimum absolute atomic E-state index is 0.427. The summed E-state index contributed by atoms with van der Waals surface area (Å²) in [7, 11) is 0. The second kappa shape index (κ2) is 3.41. The van der Waals surface area contributed by atoms with Crippen LogP contribution in [0.2, 0.25) is 0 Å². The van der Waals surface area contributed by atoms with Gasteiger partial charge in [-0.2, -0.15) is 0 Å². The lowest BCUT2D eigenvalue weighted by Crippen LogP contribution is -2.16. The fraction of sp³-hybridized carbons (Fsp3) is 0.500. The van der Waals surface area contributed by atoms with E-state index in [9.17, 15) is 0 Å². The molecular formula is C8H11N3S. The zero-order valence-corrected chi connectivity index (χ0v) is 7.77. The highest BCUT2D eigenvalue weighted by Gasteiger charge is 2.17. The third-order valence-corrected chi connectivity index (χ3v) is 2.81. The summed E-state index contributed by atoms with van der Waals surface area (Å²) in [6, 6.07) is 2.41. The third kappa shape index (κ3) is 1.59. The van der Waals surface area contributed by atoms with Crippen molar-refractivity contribution in [2.75, 3.05) is 11.6 Å². The van der Waals surface area contributed by atoms with Crippen LogP contribution in [0, 0.1) is 6.92 Å². The molecule has 1 saturated heterocycles. The highest BCUT2D eigenvalue weighted by molar-refractivity contribution is 7.99. The largest absolute Gasteiger partial charge is 0.299 e. The average molecular weight is 181 g/mol. The first-order valence-electron chi connectivity index (χ1n) is 3.97. The molecule has 1 aliphatic heterocycles. The predicted molar refractivity (Wildman–Crippen MR) is 50.0 cm³/mol. The lowest BCUT2D eigenvalue weighted by molar-refractivity contribution is 0.650. The van der Waals surface area contributed by atoms with Gasteiger partial charge in [0.15, 0.2) is 0 Å². The van der Waals surface area contributed by atoms with Gasteiger partial charge in [-0.1, -0.05) is 0 Å². The van der Waals surface area contributed by atoms with Gasteiger partial charge in [0.2, 0.25) is 0 Å². The lowest BCUT2D eigenvalue weighted by atomic mass is 10.2. The van der Waals surface area contributed by atoms with Gasteiger partial charge in [0.05, 0.1) is 11.7 Å². The second-order valence-corrected chi connectivity index (χ2v) is 3.83. The first kappa shape index (κ1) is 8.01. The zero-order valence-electron chi connectivity index (χ0n) is 6.95. The van der Waals surface area contributed by atoms with Gasteiger partial charge in [-0.25, -0.2) is 9.97 Å². The standard InChI is InChI=1S/C8H11N3S/c1-6-9-3-2-7(11-6)8-4-12-5-10-8/h2-3,8,10H,4-5H2,1H3. The van der Waals surface area contributed by atoms with E-state index in [4.69, 9.17) is 0 Å². The molecule has 64 valence electrons. The molecule has 2 rings (SSSR count). The first-order chi connectivity index (χ1) is 5.86. The first-order valence-corrected chi connectivity index (χ1v) is 5.12. The van der Waals surface area contributed by atoms with E-state index in [0.717, 1.165) is 23.1 Å². The van der Waals surface area contributed by atoms with E-state index in [2.05, 4.69) is 15.3 Å². The number of hydrogen-bond acceptors (Lipinski definition) is 4. The summed E-state index contributed by atoms with van der Waals surface area (Å²) < 4.78 is 0. The number of nitrogens with one attached hydrogen (secondary N) is 1. The minimum Gasteiger partial charge on any atom is -0.299 e. The molecule has 0 bridgehead atoms. The fourth-order valence-corrected chi connectivity index (χ4v) is 2.21. The highest BCUT2D eigenvalue weighted by atomic mass is 32.2. The van der Waals surface area contributed by atoms with Crippen LogP contribution in [0.4, 0.5) is 0 Å². The Bertz CT molecular complexity index is 271. The molecular weight excluding hydrogens is 170 g/mol. The molecule has 2 heterocycles. The van der Waals surface area contributed by atoms with Crippen LogP contribution >= 0.6 is 11.8 Å². The third-order valence-electron chi connectivity index (χ3n) is 1.87. The van der Waals surface area contributed by atoms with Gasteiger partial charge < -0.3 is 0 Å². The fourth-order valence-electron chi connectivity index (χ4n) is 1.25. The summed E-state index contributed by atoms with van der Waals surface area (Å²) in [6.45, 7) is 1.92. The van der Waals surface area contributed by atoms with E-state index in [1.807, 2.05) is 30.9 Å². The van der Waals surface area contributed by atoms with Crippen LogP contribution in [0.3, 0.4) is 0 Å². The monoisotopic (exact) mass is 181 g/mol. The Morgan fingerprint density at radius 3 is 3.25 bits per heavy atom. The Hall–Kier alpha value is -0.610. The van der Waals surface area contributed by atoms with Crippen LogP contribution in [-0.4, -0.2) is 21.6 Å². The topological polar surface area (TPSA) is 37.8 Å². The Morgan fingerprint density at radius 1 is 1.67 bits per heavy atom. The molecule has 0 amide bonds.